The Morgan fingerprint density at radius 1 is 0.977 bits per heavy atom. The lowest BCUT2D eigenvalue weighted by atomic mass is 9.95. The number of hydrogen-bond donors (Lipinski definition) is 1. The maximum atomic E-state index is 10.1. The number of thiazole rings is 1. The summed E-state index contributed by atoms with van der Waals surface area (Å²) in [4.78, 5) is 21.9. The lowest BCUT2D eigenvalue weighted by molar-refractivity contribution is -0.105. The van der Waals surface area contributed by atoms with E-state index in [-0.39, 0.29) is 0 Å². The van der Waals surface area contributed by atoms with Crippen molar-refractivity contribution in [1.82, 2.24) is 19.7 Å². The Morgan fingerprint density at radius 2 is 1.77 bits per heavy atom. The molecule has 7 nitrogen and oxygen atoms in total. The minimum Gasteiger partial charge on any atom is -0.352 e. The third-order valence-electron chi connectivity index (χ3n) is 8.74. The van der Waals surface area contributed by atoms with Crippen LogP contribution in [0.15, 0.2) is 60.8 Å². The molecule has 0 atom stereocenters. The van der Waals surface area contributed by atoms with Crippen LogP contribution in [0.25, 0.3) is 21.3 Å². The number of amides is 1. The van der Waals surface area contributed by atoms with E-state index in [2.05, 4.69) is 91.8 Å². The molecule has 6 rings (SSSR count). The smallest absolute Gasteiger partial charge is 0.213 e. The van der Waals surface area contributed by atoms with Gasteiger partial charge >= 0.3 is 0 Å². The van der Waals surface area contributed by atoms with E-state index >= 15 is 0 Å². The van der Waals surface area contributed by atoms with Crippen LogP contribution in [-0.2, 0) is 24.3 Å². The molecule has 1 N–H and O–H groups in total. The van der Waals surface area contributed by atoms with E-state index in [1.807, 2.05) is 30.5 Å². The van der Waals surface area contributed by atoms with E-state index in [1.165, 1.54) is 63.4 Å². The first-order valence-corrected chi connectivity index (χ1v) is 16.6. The number of carbonyl (C=O) groups excluding carboxylic acids is 1. The molecule has 230 valence electrons. The highest BCUT2D eigenvalue weighted by atomic mass is 32.1. The van der Waals surface area contributed by atoms with Gasteiger partial charge in [0.1, 0.15) is 5.82 Å². The summed E-state index contributed by atoms with van der Waals surface area (Å²) in [7, 11) is 0. The van der Waals surface area contributed by atoms with Crippen molar-refractivity contribution in [1.29, 1.82) is 0 Å². The maximum absolute atomic E-state index is 10.1. The van der Waals surface area contributed by atoms with E-state index in [1.54, 1.807) is 0 Å². The van der Waals surface area contributed by atoms with Gasteiger partial charge in [-0.05, 0) is 73.1 Å². The van der Waals surface area contributed by atoms with Gasteiger partial charge in [0.05, 0.1) is 22.1 Å². The van der Waals surface area contributed by atoms with Crippen LogP contribution in [0.5, 0.6) is 0 Å². The van der Waals surface area contributed by atoms with Crippen LogP contribution >= 0.6 is 11.3 Å². The topological polar surface area (TPSA) is 75.9 Å². The lowest BCUT2D eigenvalue weighted by Gasteiger charge is -2.31. The largest absolute Gasteiger partial charge is 0.352 e. The third-order valence-corrected chi connectivity index (χ3v) is 9.71. The predicted molar refractivity (Wildman–Crippen MR) is 184 cm³/mol. The Labute approximate surface area is 265 Å². The number of anilines is 2. The Kier molecular flexibility index (Phi) is 10.1. The first-order chi connectivity index (χ1) is 21.3. The maximum Gasteiger partial charge on any atom is 0.213 e. The number of carbonyl (C=O) groups is 1. The number of aromatic nitrogens is 4. The minimum atomic E-state index is 0.352. The van der Waals surface area contributed by atoms with Crippen molar-refractivity contribution in [3.05, 3.63) is 88.9 Å². The van der Waals surface area contributed by atoms with Gasteiger partial charge in [-0.3, -0.25) is 9.48 Å². The summed E-state index contributed by atoms with van der Waals surface area (Å²) >= 11 is 1.47. The molecule has 1 amide bonds. The lowest BCUT2D eigenvalue weighted by Crippen LogP contribution is -2.31. The molecular formula is C36H44N6OS. The van der Waals surface area contributed by atoms with Crippen LogP contribution < -0.4 is 10.2 Å². The number of pyridine rings is 1. The molecule has 0 radical (unpaired) electrons. The average molecular weight is 609 g/mol. The fourth-order valence-electron chi connectivity index (χ4n) is 5.92. The first-order valence-electron chi connectivity index (χ1n) is 15.7. The summed E-state index contributed by atoms with van der Waals surface area (Å²) < 4.78 is 3.27. The van der Waals surface area contributed by atoms with Gasteiger partial charge in [-0.2, -0.15) is 5.10 Å². The molecule has 0 saturated heterocycles. The number of fused-ring (bicyclic) bond motifs is 2. The quantitative estimate of drug-likeness (QED) is 0.170. The van der Waals surface area contributed by atoms with Crippen molar-refractivity contribution in [3.8, 4) is 11.1 Å². The fraction of sp³-hybridized carbons (Fsp3) is 0.389. The van der Waals surface area contributed by atoms with Crippen molar-refractivity contribution < 1.29 is 4.79 Å². The molecular weight excluding hydrogens is 565 g/mol. The van der Waals surface area contributed by atoms with E-state index in [9.17, 15) is 4.79 Å². The van der Waals surface area contributed by atoms with Crippen molar-refractivity contribution in [2.75, 3.05) is 16.8 Å². The fourth-order valence-corrected chi connectivity index (χ4v) is 6.75. The van der Waals surface area contributed by atoms with Crippen LogP contribution in [-0.4, -0.2) is 32.7 Å². The van der Waals surface area contributed by atoms with E-state index < -0.39 is 0 Å². The van der Waals surface area contributed by atoms with E-state index in [4.69, 9.17) is 10.1 Å². The number of hydrogen-bond acceptors (Lipinski definition) is 6. The van der Waals surface area contributed by atoms with Gasteiger partial charge in [0, 0.05) is 36.5 Å². The summed E-state index contributed by atoms with van der Waals surface area (Å²) in [5.41, 5.74) is 10.1. The van der Waals surface area contributed by atoms with E-state index in [0.717, 1.165) is 42.1 Å². The van der Waals surface area contributed by atoms with Crippen LogP contribution in [0.2, 0.25) is 0 Å². The Balaban J connectivity index is 0.000000266. The molecule has 3 aromatic heterocycles. The van der Waals surface area contributed by atoms with Crippen LogP contribution in [0.4, 0.5) is 10.9 Å². The van der Waals surface area contributed by atoms with Crippen LogP contribution in [0.3, 0.4) is 0 Å². The SMILES string of the molecule is CCC(CC)Cn1ncc(-c2ccc(N3CCc4cccc(C)c4C3)nc2C(C)C)c1C.O=CNc1nc2ccccc2s1. The molecule has 0 aliphatic carbocycles. The molecule has 0 spiro atoms. The van der Waals surface area contributed by atoms with Crippen molar-refractivity contribution in [2.24, 2.45) is 5.92 Å². The van der Waals surface area contributed by atoms with E-state index in [0.29, 0.717) is 23.4 Å². The molecule has 0 unspecified atom stereocenters. The van der Waals surface area contributed by atoms with Gasteiger partial charge in [-0.1, -0.05) is 82.2 Å². The second-order valence-corrected chi connectivity index (χ2v) is 12.9. The van der Waals surface area contributed by atoms with Crippen LogP contribution in [0.1, 0.15) is 74.5 Å². The molecule has 0 fully saturated rings. The van der Waals surface area contributed by atoms with Crippen molar-refractivity contribution >= 4 is 38.9 Å². The van der Waals surface area contributed by atoms with Gasteiger partial charge in [0.2, 0.25) is 6.41 Å². The highest BCUT2D eigenvalue weighted by molar-refractivity contribution is 7.22. The monoisotopic (exact) mass is 608 g/mol. The predicted octanol–water partition coefficient (Wildman–Crippen LogP) is 8.55. The molecule has 44 heavy (non-hydrogen) atoms. The zero-order valence-corrected chi connectivity index (χ0v) is 27.6. The van der Waals surface area contributed by atoms with Gasteiger partial charge in [-0.25, -0.2) is 9.97 Å². The summed E-state index contributed by atoms with van der Waals surface area (Å²) in [5.74, 6) is 2.12. The standard InChI is InChI=1S/C28H38N4.C8H6N2OS/c1-7-22(8-2)17-32-21(6)25(16-29-32)24-12-13-27(30-28(24)19(3)4)31-15-14-23-11-9-10-20(5)26(23)18-31;11-5-9-8-10-6-3-1-2-4-7(6)12-8/h9-13,16,19,22H,7-8,14-15,17-18H2,1-6H3;1-5H,(H,9,10,11). The summed E-state index contributed by atoms with van der Waals surface area (Å²) in [6.07, 6.45) is 6.14. The number of aryl methyl sites for hydroxylation is 1. The van der Waals surface area contributed by atoms with Crippen LogP contribution in [0, 0.1) is 19.8 Å². The Hall–Kier alpha value is -4.04. The van der Waals surface area contributed by atoms with Gasteiger partial charge in [0.25, 0.3) is 0 Å². The molecule has 0 saturated carbocycles. The minimum absolute atomic E-state index is 0.352. The molecule has 0 bridgehead atoms. The third kappa shape index (κ3) is 6.86. The summed E-state index contributed by atoms with van der Waals surface area (Å²) in [6, 6.07) is 18.9. The highest BCUT2D eigenvalue weighted by Gasteiger charge is 2.22. The molecule has 1 aliphatic rings. The van der Waals surface area contributed by atoms with Crippen molar-refractivity contribution in [2.45, 2.75) is 79.8 Å². The molecule has 4 heterocycles. The molecule has 2 aromatic carbocycles. The first kappa shape index (κ1) is 31.4. The van der Waals surface area contributed by atoms with Gasteiger partial charge < -0.3 is 10.2 Å². The highest BCUT2D eigenvalue weighted by Crippen LogP contribution is 2.34. The summed E-state index contributed by atoms with van der Waals surface area (Å²) in [5, 5.41) is 7.92. The number of rotatable bonds is 9. The molecule has 1 aliphatic heterocycles. The average Bonchev–Trinajstić information content (AvgIpc) is 3.62. The second-order valence-electron chi connectivity index (χ2n) is 11.9. The molecule has 8 heteroatoms. The second kappa shape index (κ2) is 14.2. The van der Waals surface area contributed by atoms with Crippen molar-refractivity contribution in [3.63, 3.8) is 0 Å². The number of nitrogens with one attached hydrogen (secondary N) is 1. The number of para-hydroxylation sites is 1. The Bertz CT molecular complexity index is 1680. The number of benzene rings is 2. The Morgan fingerprint density at radius 3 is 2.50 bits per heavy atom. The zero-order chi connectivity index (χ0) is 31.2. The normalized spacial score (nSPS) is 12.8. The molecule has 5 aromatic rings. The van der Waals surface area contributed by atoms with Gasteiger partial charge in [0.15, 0.2) is 5.13 Å². The number of nitrogens with zero attached hydrogens (tertiary/aromatic N) is 5. The van der Waals surface area contributed by atoms with Gasteiger partial charge in [-0.15, -0.1) is 0 Å². The summed E-state index contributed by atoms with van der Waals surface area (Å²) in [6.45, 7) is 16.4. The zero-order valence-electron chi connectivity index (χ0n) is 26.8.